The molecule has 1 saturated heterocycles. The molecule has 0 aliphatic carbocycles. The third-order valence-electron chi connectivity index (χ3n) is 3.73. The fraction of sp³-hybridized carbons (Fsp3) is 0.571. The van der Waals surface area contributed by atoms with E-state index in [0.29, 0.717) is 12.0 Å². The molecule has 1 atom stereocenters. The molecular formula is C14H19FO4S2. The van der Waals surface area contributed by atoms with Crippen molar-refractivity contribution in [2.24, 2.45) is 5.41 Å². The Morgan fingerprint density at radius 1 is 1.24 bits per heavy atom. The van der Waals surface area contributed by atoms with E-state index in [0.717, 1.165) is 0 Å². The number of hydrogen-bond donors (Lipinski definition) is 0. The van der Waals surface area contributed by atoms with E-state index in [1.54, 1.807) is 13.8 Å². The van der Waals surface area contributed by atoms with Crippen LogP contribution in [0.4, 0.5) is 4.39 Å². The summed E-state index contributed by atoms with van der Waals surface area (Å²) in [5.74, 6) is -0.740. The Balaban J connectivity index is 2.23. The lowest BCUT2D eigenvalue weighted by Gasteiger charge is -2.38. The molecule has 7 heteroatoms. The van der Waals surface area contributed by atoms with Crippen molar-refractivity contribution in [3.63, 3.8) is 0 Å². The second-order valence-electron chi connectivity index (χ2n) is 6.10. The second-order valence-corrected chi connectivity index (χ2v) is 10.3. The smallest absolute Gasteiger partial charge is 0.157 e. The largest absolute Gasteiger partial charge is 0.229 e. The van der Waals surface area contributed by atoms with Gasteiger partial charge >= 0.3 is 0 Å². The summed E-state index contributed by atoms with van der Waals surface area (Å²) in [6, 6.07) is 5.42. The summed E-state index contributed by atoms with van der Waals surface area (Å²) in [4.78, 5) is 0. The molecule has 0 aromatic heterocycles. The van der Waals surface area contributed by atoms with E-state index in [1.807, 2.05) is 0 Å². The number of hydrogen-bond acceptors (Lipinski definition) is 4. The minimum atomic E-state index is -3.49. The van der Waals surface area contributed by atoms with Gasteiger partial charge < -0.3 is 0 Å². The molecule has 21 heavy (non-hydrogen) atoms. The highest BCUT2D eigenvalue weighted by molar-refractivity contribution is 7.94. The standard InChI is InChI=1S/C14H19FO4S2/c1-3-13(11-4-6-12(15)7-5-11)21(18,19)10-14(2)8-20(16,17)9-14/h4-7,13H,3,8-10H2,1-2H3. The van der Waals surface area contributed by atoms with E-state index in [4.69, 9.17) is 0 Å². The van der Waals surface area contributed by atoms with Crippen LogP contribution in [0.3, 0.4) is 0 Å². The van der Waals surface area contributed by atoms with Crippen molar-refractivity contribution in [3.05, 3.63) is 35.6 Å². The monoisotopic (exact) mass is 334 g/mol. The number of rotatable bonds is 5. The van der Waals surface area contributed by atoms with Gasteiger partial charge in [-0.1, -0.05) is 26.0 Å². The fourth-order valence-corrected chi connectivity index (χ4v) is 8.02. The highest BCUT2D eigenvalue weighted by Gasteiger charge is 2.48. The van der Waals surface area contributed by atoms with Crippen molar-refractivity contribution in [1.29, 1.82) is 0 Å². The predicted molar refractivity (Wildman–Crippen MR) is 80.0 cm³/mol. The summed E-state index contributed by atoms with van der Waals surface area (Å²) in [5.41, 5.74) is -0.157. The zero-order valence-electron chi connectivity index (χ0n) is 12.0. The quantitative estimate of drug-likeness (QED) is 0.827. The van der Waals surface area contributed by atoms with Crippen molar-refractivity contribution >= 4 is 19.7 Å². The molecule has 0 radical (unpaired) electrons. The Labute approximate surface area is 125 Å². The average Bonchev–Trinajstić information content (AvgIpc) is 2.28. The van der Waals surface area contributed by atoms with Gasteiger partial charge in [0.25, 0.3) is 0 Å². The minimum absolute atomic E-state index is 0.0842. The molecule has 0 amide bonds. The molecule has 1 aliphatic heterocycles. The molecule has 4 nitrogen and oxygen atoms in total. The first-order chi connectivity index (χ1) is 9.57. The Morgan fingerprint density at radius 2 is 1.76 bits per heavy atom. The van der Waals surface area contributed by atoms with Crippen molar-refractivity contribution in [2.45, 2.75) is 25.5 Å². The lowest BCUT2D eigenvalue weighted by molar-refractivity contribution is 0.408. The van der Waals surface area contributed by atoms with Crippen molar-refractivity contribution in [2.75, 3.05) is 17.3 Å². The maximum Gasteiger partial charge on any atom is 0.157 e. The lowest BCUT2D eigenvalue weighted by atomic mass is 9.98. The zero-order valence-corrected chi connectivity index (χ0v) is 13.7. The Kier molecular flexibility index (Phi) is 4.19. The first-order valence-electron chi connectivity index (χ1n) is 6.74. The van der Waals surface area contributed by atoms with Crippen LogP contribution in [0.5, 0.6) is 0 Å². The normalized spacial score (nSPS) is 21.5. The molecule has 1 aliphatic rings. The van der Waals surface area contributed by atoms with Crippen LogP contribution in [-0.2, 0) is 19.7 Å². The first kappa shape index (κ1) is 16.4. The van der Waals surface area contributed by atoms with Gasteiger partial charge in [-0.3, -0.25) is 0 Å². The third kappa shape index (κ3) is 3.63. The van der Waals surface area contributed by atoms with Gasteiger partial charge in [0.2, 0.25) is 0 Å². The summed E-state index contributed by atoms with van der Waals surface area (Å²) >= 11 is 0. The summed E-state index contributed by atoms with van der Waals surface area (Å²) in [7, 11) is -6.57. The van der Waals surface area contributed by atoms with Gasteiger partial charge in [0, 0.05) is 5.41 Å². The lowest BCUT2D eigenvalue weighted by Crippen LogP contribution is -2.50. The molecule has 1 aromatic carbocycles. The molecule has 0 bridgehead atoms. The number of halogens is 1. The van der Waals surface area contributed by atoms with Gasteiger partial charge in [-0.2, -0.15) is 0 Å². The maximum absolute atomic E-state index is 13.0. The maximum atomic E-state index is 13.0. The van der Waals surface area contributed by atoms with Gasteiger partial charge in [-0.15, -0.1) is 0 Å². The van der Waals surface area contributed by atoms with Crippen LogP contribution >= 0.6 is 0 Å². The van der Waals surface area contributed by atoms with E-state index in [9.17, 15) is 21.2 Å². The highest BCUT2D eigenvalue weighted by Crippen LogP contribution is 2.38. The summed E-state index contributed by atoms with van der Waals surface area (Å²) < 4.78 is 60.7. The van der Waals surface area contributed by atoms with Gasteiger partial charge in [0.15, 0.2) is 19.7 Å². The summed E-state index contributed by atoms with van der Waals surface area (Å²) in [5, 5.41) is -0.724. The topological polar surface area (TPSA) is 68.3 Å². The molecule has 0 spiro atoms. The molecule has 1 fully saturated rings. The molecule has 0 saturated carbocycles. The number of sulfone groups is 2. The Morgan fingerprint density at radius 3 is 2.19 bits per heavy atom. The first-order valence-corrected chi connectivity index (χ1v) is 10.3. The molecule has 1 heterocycles. The van der Waals surface area contributed by atoms with Crippen LogP contribution in [0.15, 0.2) is 24.3 Å². The predicted octanol–water partition coefficient (Wildman–Crippen LogP) is 2.13. The second kappa shape index (κ2) is 5.35. The van der Waals surface area contributed by atoms with E-state index < -0.39 is 36.2 Å². The van der Waals surface area contributed by atoms with Crippen LogP contribution in [-0.4, -0.2) is 34.1 Å². The average molecular weight is 334 g/mol. The fourth-order valence-electron chi connectivity index (χ4n) is 3.06. The molecule has 118 valence electrons. The molecular weight excluding hydrogens is 315 g/mol. The molecule has 1 unspecified atom stereocenters. The van der Waals surface area contributed by atoms with Crippen molar-refractivity contribution in [1.82, 2.24) is 0 Å². The minimum Gasteiger partial charge on any atom is -0.229 e. The van der Waals surface area contributed by atoms with Crippen molar-refractivity contribution in [3.8, 4) is 0 Å². The van der Waals surface area contributed by atoms with E-state index in [2.05, 4.69) is 0 Å². The van der Waals surface area contributed by atoms with Crippen LogP contribution in [0.2, 0.25) is 0 Å². The Bertz CT molecular complexity index is 709. The Hall–Kier alpha value is -0.950. The summed E-state index contributed by atoms with van der Waals surface area (Å²) in [6.07, 6.45) is 0.372. The van der Waals surface area contributed by atoms with Gasteiger partial charge in [-0.25, -0.2) is 21.2 Å². The SMILES string of the molecule is CCC(c1ccc(F)cc1)S(=O)(=O)CC1(C)CS(=O)(=O)C1. The van der Waals surface area contributed by atoms with Crippen LogP contribution in [0.25, 0.3) is 0 Å². The number of benzene rings is 1. The van der Waals surface area contributed by atoms with E-state index in [1.165, 1.54) is 24.3 Å². The molecule has 2 rings (SSSR count). The van der Waals surface area contributed by atoms with Crippen molar-refractivity contribution < 1.29 is 21.2 Å². The van der Waals surface area contributed by atoms with Gasteiger partial charge in [-0.05, 0) is 24.1 Å². The van der Waals surface area contributed by atoms with E-state index >= 15 is 0 Å². The molecule has 0 N–H and O–H groups in total. The van der Waals surface area contributed by atoms with Gasteiger partial charge in [0.1, 0.15) is 5.82 Å². The van der Waals surface area contributed by atoms with Crippen LogP contribution in [0.1, 0.15) is 31.1 Å². The summed E-state index contributed by atoms with van der Waals surface area (Å²) in [6.45, 7) is 3.44. The third-order valence-corrected chi connectivity index (χ3v) is 8.58. The van der Waals surface area contributed by atoms with Crippen LogP contribution < -0.4 is 0 Å². The van der Waals surface area contributed by atoms with E-state index in [-0.39, 0.29) is 17.3 Å². The van der Waals surface area contributed by atoms with Gasteiger partial charge in [0.05, 0.1) is 22.5 Å². The van der Waals surface area contributed by atoms with Crippen LogP contribution in [0, 0.1) is 11.2 Å². The molecule has 1 aromatic rings. The zero-order chi connectivity index (χ0) is 15.9. The highest BCUT2D eigenvalue weighted by atomic mass is 32.2.